The Morgan fingerprint density at radius 2 is 1.79 bits per heavy atom. The molecule has 0 N–H and O–H groups in total. The van der Waals surface area contributed by atoms with E-state index in [-0.39, 0.29) is 6.10 Å². The zero-order valence-corrected chi connectivity index (χ0v) is 10.8. The van der Waals surface area contributed by atoms with Gasteiger partial charge in [-0.15, -0.1) is 0 Å². The van der Waals surface area contributed by atoms with Crippen molar-refractivity contribution in [3.63, 3.8) is 0 Å². The van der Waals surface area contributed by atoms with Crippen molar-refractivity contribution in [1.29, 1.82) is 0 Å². The van der Waals surface area contributed by atoms with Gasteiger partial charge in [-0.2, -0.15) is 0 Å². The molecule has 0 saturated carbocycles. The van der Waals surface area contributed by atoms with Crippen LogP contribution in [0.5, 0.6) is 17.2 Å². The maximum atomic E-state index is 5.94. The van der Waals surface area contributed by atoms with Gasteiger partial charge in [0.25, 0.3) is 0 Å². The largest absolute Gasteiger partial charge is 0.497 e. The molecule has 2 aromatic rings. The molecule has 0 bridgehead atoms. The van der Waals surface area contributed by atoms with Crippen molar-refractivity contribution in [1.82, 2.24) is 0 Å². The molecule has 1 heterocycles. The summed E-state index contributed by atoms with van der Waals surface area (Å²) >= 11 is 0. The van der Waals surface area contributed by atoms with Crippen molar-refractivity contribution in [2.75, 3.05) is 13.7 Å². The van der Waals surface area contributed by atoms with Crippen molar-refractivity contribution >= 4 is 0 Å². The van der Waals surface area contributed by atoms with Gasteiger partial charge in [0, 0.05) is 6.42 Å². The summed E-state index contributed by atoms with van der Waals surface area (Å²) in [5.41, 5.74) is 1.22. The predicted octanol–water partition coefficient (Wildman–Crippen LogP) is 3.08. The SMILES string of the molecule is COc1ccc(CC2COc3ccccc3O2)cc1. The van der Waals surface area contributed by atoms with E-state index in [1.807, 2.05) is 36.4 Å². The third kappa shape index (κ3) is 2.65. The fourth-order valence-corrected chi connectivity index (χ4v) is 2.19. The summed E-state index contributed by atoms with van der Waals surface area (Å²) in [4.78, 5) is 0. The zero-order valence-electron chi connectivity index (χ0n) is 10.8. The Hall–Kier alpha value is -2.16. The van der Waals surface area contributed by atoms with Crippen LogP contribution < -0.4 is 14.2 Å². The van der Waals surface area contributed by atoms with Crippen molar-refractivity contribution in [2.24, 2.45) is 0 Å². The summed E-state index contributed by atoms with van der Waals surface area (Å²) in [6, 6.07) is 15.8. The summed E-state index contributed by atoms with van der Waals surface area (Å²) < 4.78 is 16.8. The highest BCUT2D eigenvalue weighted by Crippen LogP contribution is 2.31. The second-order valence-electron chi connectivity index (χ2n) is 4.55. The first-order valence-electron chi connectivity index (χ1n) is 6.36. The van der Waals surface area contributed by atoms with Crippen LogP contribution in [0.4, 0.5) is 0 Å². The van der Waals surface area contributed by atoms with E-state index in [0.717, 1.165) is 23.7 Å². The number of para-hydroxylation sites is 2. The Bertz CT molecular complexity index is 548. The van der Waals surface area contributed by atoms with E-state index < -0.39 is 0 Å². The lowest BCUT2D eigenvalue weighted by atomic mass is 10.1. The molecular weight excluding hydrogens is 240 g/mol. The van der Waals surface area contributed by atoms with E-state index in [9.17, 15) is 0 Å². The van der Waals surface area contributed by atoms with E-state index in [4.69, 9.17) is 14.2 Å². The topological polar surface area (TPSA) is 27.7 Å². The summed E-state index contributed by atoms with van der Waals surface area (Å²) in [6.07, 6.45) is 0.890. The minimum Gasteiger partial charge on any atom is -0.497 e. The molecule has 19 heavy (non-hydrogen) atoms. The Balaban J connectivity index is 1.68. The highest BCUT2D eigenvalue weighted by Gasteiger charge is 2.20. The smallest absolute Gasteiger partial charge is 0.161 e. The summed E-state index contributed by atoms with van der Waals surface area (Å²) in [6.45, 7) is 0.586. The molecule has 1 atom stereocenters. The van der Waals surface area contributed by atoms with Gasteiger partial charge in [0.2, 0.25) is 0 Å². The Labute approximate surface area is 112 Å². The van der Waals surface area contributed by atoms with Crippen molar-refractivity contribution in [3.8, 4) is 17.2 Å². The van der Waals surface area contributed by atoms with Gasteiger partial charge < -0.3 is 14.2 Å². The van der Waals surface area contributed by atoms with Gasteiger partial charge in [-0.25, -0.2) is 0 Å². The van der Waals surface area contributed by atoms with E-state index in [1.54, 1.807) is 7.11 Å². The molecular formula is C16H16O3. The van der Waals surface area contributed by atoms with Crippen LogP contribution in [0.2, 0.25) is 0 Å². The number of ether oxygens (including phenoxy) is 3. The molecule has 0 aromatic heterocycles. The quantitative estimate of drug-likeness (QED) is 0.844. The fraction of sp³-hybridized carbons (Fsp3) is 0.250. The summed E-state index contributed by atoms with van der Waals surface area (Å²) in [7, 11) is 1.67. The van der Waals surface area contributed by atoms with E-state index in [1.165, 1.54) is 5.56 Å². The van der Waals surface area contributed by atoms with E-state index in [0.29, 0.717) is 6.61 Å². The molecule has 98 valence electrons. The van der Waals surface area contributed by atoms with Gasteiger partial charge in [0.05, 0.1) is 7.11 Å². The van der Waals surface area contributed by atoms with Crippen LogP contribution >= 0.6 is 0 Å². The van der Waals surface area contributed by atoms with Gasteiger partial charge in [-0.05, 0) is 29.8 Å². The summed E-state index contributed by atoms with van der Waals surface area (Å²) in [5.74, 6) is 2.52. The lowest BCUT2D eigenvalue weighted by molar-refractivity contribution is 0.0913. The number of methoxy groups -OCH3 is 1. The third-order valence-electron chi connectivity index (χ3n) is 3.19. The summed E-state index contributed by atoms with van der Waals surface area (Å²) in [5, 5.41) is 0. The maximum Gasteiger partial charge on any atom is 0.161 e. The van der Waals surface area contributed by atoms with Crippen molar-refractivity contribution in [3.05, 3.63) is 54.1 Å². The lowest BCUT2D eigenvalue weighted by Gasteiger charge is -2.26. The third-order valence-corrected chi connectivity index (χ3v) is 3.19. The van der Waals surface area contributed by atoms with Gasteiger partial charge in [-0.3, -0.25) is 0 Å². The first-order valence-corrected chi connectivity index (χ1v) is 6.36. The fourth-order valence-electron chi connectivity index (χ4n) is 2.19. The van der Waals surface area contributed by atoms with Gasteiger partial charge >= 0.3 is 0 Å². The minimum absolute atomic E-state index is 0.0586. The number of hydrogen-bond donors (Lipinski definition) is 0. The molecule has 0 fully saturated rings. The lowest BCUT2D eigenvalue weighted by Crippen LogP contribution is -2.30. The monoisotopic (exact) mass is 256 g/mol. The molecule has 0 amide bonds. The first kappa shape index (κ1) is 11.9. The Morgan fingerprint density at radius 1 is 1.05 bits per heavy atom. The van der Waals surface area contributed by atoms with Gasteiger partial charge in [0.1, 0.15) is 18.5 Å². The average Bonchev–Trinajstić information content (AvgIpc) is 2.48. The zero-order chi connectivity index (χ0) is 13.1. The molecule has 0 saturated heterocycles. The Morgan fingerprint density at radius 3 is 2.53 bits per heavy atom. The van der Waals surface area contributed by atoms with Crippen LogP contribution in [0.1, 0.15) is 5.56 Å². The molecule has 3 nitrogen and oxygen atoms in total. The number of benzene rings is 2. The second kappa shape index (κ2) is 5.22. The van der Waals surface area contributed by atoms with Crippen molar-refractivity contribution in [2.45, 2.75) is 12.5 Å². The highest BCUT2D eigenvalue weighted by atomic mass is 16.6. The molecule has 1 aliphatic rings. The van der Waals surface area contributed by atoms with E-state index >= 15 is 0 Å². The molecule has 1 unspecified atom stereocenters. The van der Waals surface area contributed by atoms with Crippen molar-refractivity contribution < 1.29 is 14.2 Å². The van der Waals surface area contributed by atoms with E-state index in [2.05, 4.69) is 12.1 Å². The van der Waals surface area contributed by atoms with Crippen LogP contribution in [0.3, 0.4) is 0 Å². The molecule has 2 aromatic carbocycles. The Kier molecular flexibility index (Phi) is 3.27. The van der Waals surface area contributed by atoms with Crippen LogP contribution in [0, 0.1) is 0 Å². The maximum absolute atomic E-state index is 5.94. The standard InChI is InChI=1S/C16H16O3/c1-17-13-8-6-12(7-9-13)10-14-11-18-15-4-2-3-5-16(15)19-14/h2-9,14H,10-11H2,1H3. The van der Waals surface area contributed by atoms with Crippen LogP contribution in [-0.2, 0) is 6.42 Å². The molecule has 3 rings (SSSR count). The first-order chi connectivity index (χ1) is 9.35. The number of rotatable bonds is 3. The highest BCUT2D eigenvalue weighted by molar-refractivity contribution is 5.41. The van der Waals surface area contributed by atoms with Gasteiger partial charge in [0.15, 0.2) is 11.5 Å². The molecule has 1 aliphatic heterocycles. The average molecular weight is 256 g/mol. The minimum atomic E-state index is 0.0586. The number of fused-ring (bicyclic) bond motifs is 1. The normalized spacial score (nSPS) is 17.0. The van der Waals surface area contributed by atoms with Crippen LogP contribution in [0.15, 0.2) is 48.5 Å². The second-order valence-corrected chi connectivity index (χ2v) is 4.55. The number of hydrogen-bond acceptors (Lipinski definition) is 3. The molecule has 0 radical (unpaired) electrons. The van der Waals surface area contributed by atoms with Crippen LogP contribution in [-0.4, -0.2) is 19.8 Å². The molecule has 3 heteroatoms. The molecule has 0 spiro atoms. The molecule has 0 aliphatic carbocycles. The van der Waals surface area contributed by atoms with Crippen LogP contribution in [0.25, 0.3) is 0 Å². The predicted molar refractivity (Wildman–Crippen MR) is 73.1 cm³/mol. The van der Waals surface area contributed by atoms with Gasteiger partial charge in [-0.1, -0.05) is 24.3 Å².